The van der Waals surface area contributed by atoms with Gasteiger partial charge in [-0.2, -0.15) is 0 Å². The lowest BCUT2D eigenvalue weighted by atomic mass is 9.85. The first-order valence-electron chi connectivity index (χ1n) is 31.7. The number of guanidine groups is 2. The van der Waals surface area contributed by atoms with E-state index in [0.29, 0.717) is 56.7 Å². The Hall–Kier alpha value is -7.78. The number of hydrogen-bond donors (Lipinski definition) is 13. The predicted molar refractivity (Wildman–Crippen MR) is 337 cm³/mol. The molecule has 0 radical (unpaired) electrons. The number of esters is 1. The first kappa shape index (κ1) is 74.7. The smallest absolute Gasteiger partial charge is 0.329 e. The molecule has 0 aliphatic carbocycles. The normalized spacial score (nSPS) is 19.1. The highest BCUT2D eigenvalue weighted by Crippen LogP contribution is 2.27. The van der Waals surface area contributed by atoms with Gasteiger partial charge in [0, 0.05) is 72.6 Å². The minimum atomic E-state index is -1.34. The molecule has 28 heteroatoms. The third-order valence-corrected chi connectivity index (χ3v) is 16.3. The highest BCUT2D eigenvalue weighted by Gasteiger charge is 2.44. The van der Waals surface area contributed by atoms with E-state index in [1.807, 2.05) is 13.8 Å². The Labute approximate surface area is 529 Å². The Morgan fingerprint density at radius 3 is 1.87 bits per heavy atom. The third-order valence-electron chi connectivity index (χ3n) is 16.3. The Kier molecular flexibility index (Phi) is 29.5. The quantitative estimate of drug-likeness (QED) is 0.0195. The number of nitrogens with two attached hydrogens (primary N) is 2. The number of unbranched alkanes of at least 4 members (excludes halogenated alkanes) is 1. The van der Waals surface area contributed by atoms with Gasteiger partial charge >= 0.3 is 5.97 Å². The van der Waals surface area contributed by atoms with Gasteiger partial charge in [-0.1, -0.05) is 46.8 Å². The van der Waals surface area contributed by atoms with E-state index in [1.165, 1.54) is 40.8 Å². The number of phenols is 1. The largest absolute Gasteiger partial charge is 0.508 e. The summed E-state index contributed by atoms with van der Waals surface area (Å²) in [7, 11) is 1.42. The van der Waals surface area contributed by atoms with Crippen molar-refractivity contribution in [1.82, 2.24) is 57.2 Å². The van der Waals surface area contributed by atoms with Crippen molar-refractivity contribution in [2.75, 3.05) is 46.4 Å². The van der Waals surface area contributed by atoms with Crippen molar-refractivity contribution in [1.29, 1.82) is 10.8 Å². The third kappa shape index (κ3) is 24.5. The fourth-order valence-electron chi connectivity index (χ4n) is 11.2. The van der Waals surface area contributed by atoms with Gasteiger partial charge in [-0.15, -0.1) is 0 Å². The summed E-state index contributed by atoms with van der Waals surface area (Å²) in [5.74, 6) is -5.93. The van der Waals surface area contributed by atoms with Crippen LogP contribution in [0.3, 0.4) is 0 Å². The summed E-state index contributed by atoms with van der Waals surface area (Å²) >= 11 is 0. The van der Waals surface area contributed by atoms with Crippen molar-refractivity contribution in [2.45, 2.75) is 225 Å². The van der Waals surface area contributed by atoms with Gasteiger partial charge in [0.05, 0.1) is 5.60 Å². The summed E-state index contributed by atoms with van der Waals surface area (Å²) < 4.78 is 11.2. The van der Waals surface area contributed by atoms with Crippen LogP contribution in [0.25, 0.3) is 0 Å². The van der Waals surface area contributed by atoms with Crippen LogP contribution < -0.4 is 54.0 Å². The summed E-state index contributed by atoms with van der Waals surface area (Å²) in [5, 5.41) is 47.7. The molecule has 3 saturated heterocycles. The van der Waals surface area contributed by atoms with Crippen LogP contribution in [0.1, 0.15) is 164 Å². The molecule has 0 saturated carbocycles. The Bertz CT molecular complexity index is 2650. The summed E-state index contributed by atoms with van der Waals surface area (Å²) in [6.45, 7) is 17.8. The summed E-state index contributed by atoms with van der Waals surface area (Å²) in [4.78, 5) is 144. The molecule has 0 aromatic heterocycles. The van der Waals surface area contributed by atoms with Crippen LogP contribution in [0.15, 0.2) is 24.3 Å². The SMILES string of the molecule is CC(=O)NC(CCCCNC(=O)CCC(C)(C)OCCC(C)C)C(=O)N1CCCC1C(=O)N(C)C(CCCNC(=N)N)C(=O)NC(CCCNC(=N)N)C(=O)N1CCCC1C(=O)NC(Cc1ccc(O)cc1)C(=O)NC(C(=O)NC1CC(C)OC1=O)C(C)(C)C. The molecule has 28 nitrogen and oxygen atoms in total. The maximum Gasteiger partial charge on any atom is 0.329 e. The van der Waals surface area contributed by atoms with Crippen LogP contribution in [0, 0.1) is 22.2 Å². The van der Waals surface area contributed by atoms with E-state index in [9.17, 15) is 53.1 Å². The zero-order chi connectivity index (χ0) is 67.0. The van der Waals surface area contributed by atoms with Crippen molar-refractivity contribution in [3.8, 4) is 5.75 Å². The monoisotopic (exact) mass is 1270 g/mol. The Balaban J connectivity index is 1.54. The van der Waals surface area contributed by atoms with Crippen LogP contribution >= 0.6 is 0 Å². The molecule has 9 amide bonds. The minimum Gasteiger partial charge on any atom is -0.508 e. The van der Waals surface area contributed by atoms with E-state index < -0.39 is 119 Å². The summed E-state index contributed by atoms with van der Waals surface area (Å²) in [5.41, 5.74) is 10.3. The number of nitrogens with one attached hydrogen (secondary N) is 10. The maximum atomic E-state index is 15.0. The highest BCUT2D eigenvalue weighted by atomic mass is 16.6. The number of carbonyl (C=O) groups excluding carboxylic acids is 10. The first-order chi connectivity index (χ1) is 42.3. The number of phenolic OH excluding ortho intramolecular Hbond substituents is 1. The number of benzene rings is 1. The minimum absolute atomic E-state index is 0.000000580. The number of aromatic hydroxyl groups is 1. The zero-order valence-corrected chi connectivity index (χ0v) is 54.5. The average Bonchev–Trinajstić information content (AvgIpc) is 1.75. The standard InChI is InChI=1S/C62H103N15O13/c1-37(2)27-34-89-62(8,9)28-26-49(80)67-29-12-11-17-42(70-39(4)78)55(85)77-33-16-21-48(77)57(87)75(10)46(19-14-31-69-60(65)66)52(82)71-43(18-13-30-68-59(63)64)56(86)76-32-15-20-47(76)53(83)72-44(36-40-22-24-41(79)25-23-40)51(81)74-50(61(5,6)7)54(84)73-45-35-38(3)90-58(45)88/h22-25,37-38,42-48,50,79H,11-21,26-36H2,1-10H3,(H,67,80)(H,70,78)(H,71,82)(H,72,83)(H,73,84)(H,74,81)(H4,63,64,68)(H4,65,66,69). The van der Waals surface area contributed by atoms with E-state index in [0.717, 1.165) is 6.42 Å². The second kappa shape index (κ2) is 35.6. The Morgan fingerprint density at radius 1 is 0.733 bits per heavy atom. The van der Waals surface area contributed by atoms with E-state index in [-0.39, 0.29) is 114 Å². The van der Waals surface area contributed by atoms with Gasteiger partial charge in [-0.25, -0.2) is 4.79 Å². The molecule has 4 rings (SSSR count). The number of likely N-dealkylation sites (N-methyl/N-ethyl adjacent to an activating group) is 1. The van der Waals surface area contributed by atoms with Crippen LogP contribution in [0.2, 0.25) is 0 Å². The topological polar surface area (TPSA) is 415 Å². The number of amides is 9. The summed E-state index contributed by atoms with van der Waals surface area (Å²) in [6, 6.07) is -3.25. The second-order valence-corrected chi connectivity index (χ2v) is 26.0. The fourth-order valence-corrected chi connectivity index (χ4v) is 11.2. The lowest BCUT2D eigenvalue weighted by Gasteiger charge is -2.35. The molecular weight excluding hydrogens is 1160 g/mol. The molecule has 1 aromatic carbocycles. The van der Waals surface area contributed by atoms with Crippen molar-refractivity contribution in [2.24, 2.45) is 22.8 Å². The molecule has 0 spiro atoms. The summed E-state index contributed by atoms with van der Waals surface area (Å²) in [6.07, 6.45) is 4.21. The van der Waals surface area contributed by atoms with Crippen molar-refractivity contribution >= 4 is 71.1 Å². The van der Waals surface area contributed by atoms with Gasteiger partial charge in [0.1, 0.15) is 60.2 Å². The first-order valence-corrected chi connectivity index (χ1v) is 31.7. The van der Waals surface area contributed by atoms with Gasteiger partial charge in [0.15, 0.2) is 11.9 Å². The van der Waals surface area contributed by atoms with Crippen LogP contribution in [0.5, 0.6) is 5.75 Å². The number of nitrogens with zero attached hydrogens (tertiary/aromatic N) is 3. The number of cyclic esters (lactones) is 1. The zero-order valence-electron chi connectivity index (χ0n) is 54.5. The fraction of sp³-hybridized carbons (Fsp3) is 0.710. The molecule has 90 heavy (non-hydrogen) atoms. The predicted octanol–water partition coefficient (Wildman–Crippen LogP) is 1.00. The molecule has 9 unspecified atom stereocenters. The van der Waals surface area contributed by atoms with E-state index in [1.54, 1.807) is 39.8 Å². The van der Waals surface area contributed by atoms with E-state index >= 15 is 0 Å². The van der Waals surface area contributed by atoms with Gasteiger partial charge in [0.25, 0.3) is 0 Å². The number of carbonyl (C=O) groups is 10. The number of hydrogen-bond acceptors (Lipinski definition) is 15. The van der Waals surface area contributed by atoms with Crippen molar-refractivity contribution < 1.29 is 62.5 Å². The van der Waals surface area contributed by atoms with E-state index in [2.05, 4.69) is 56.4 Å². The average molecular weight is 1270 g/mol. The van der Waals surface area contributed by atoms with Crippen molar-refractivity contribution in [3.63, 3.8) is 0 Å². The Morgan fingerprint density at radius 2 is 1.30 bits per heavy atom. The maximum absolute atomic E-state index is 15.0. The second-order valence-electron chi connectivity index (χ2n) is 26.0. The molecular formula is C62H103N15O13. The number of ether oxygens (including phenoxy) is 2. The van der Waals surface area contributed by atoms with Gasteiger partial charge in [0.2, 0.25) is 53.2 Å². The van der Waals surface area contributed by atoms with Gasteiger partial charge < -0.3 is 83.3 Å². The number of rotatable bonds is 35. The molecule has 1 aromatic rings. The van der Waals surface area contributed by atoms with Crippen LogP contribution in [-0.4, -0.2) is 197 Å². The lowest BCUT2D eigenvalue weighted by Crippen LogP contribution is -2.61. The van der Waals surface area contributed by atoms with E-state index in [4.69, 9.17) is 31.8 Å². The lowest BCUT2D eigenvalue weighted by molar-refractivity contribution is -0.149. The van der Waals surface area contributed by atoms with Gasteiger partial charge in [-0.3, -0.25) is 54.0 Å². The highest BCUT2D eigenvalue weighted by molar-refractivity contribution is 5.98. The van der Waals surface area contributed by atoms with Crippen LogP contribution in [0.4, 0.5) is 0 Å². The molecule has 9 atom stereocenters. The molecule has 3 heterocycles. The van der Waals surface area contributed by atoms with Gasteiger partial charge in [-0.05, 0) is 133 Å². The van der Waals surface area contributed by atoms with Crippen LogP contribution in [-0.2, 0) is 63.8 Å². The molecule has 15 N–H and O–H groups in total. The molecule has 0 bridgehead atoms. The molecule has 3 aliphatic heterocycles. The van der Waals surface area contributed by atoms with Crippen molar-refractivity contribution in [3.05, 3.63) is 29.8 Å². The molecule has 3 fully saturated rings. The molecule has 504 valence electrons. The molecule has 3 aliphatic rings. The number of likely N-dealkylation sites (tertiary alicyclic amines) is 2.